The van der Waals surface area contributed by atoms with Gasteiger partial charge in [-0.25, -0.2) is 8.42 Å². The van der Waals surface area contributed by atoms with Crippen molar-refractivity contribution in [3.8, 4) is 0 Å². The average molecular weight is 372 g/mol. The van der Waals surface area contributed by atoms with Crippen molar-refractivity contribution in [3.05, 3.63) is 0 Å². The Bertz CT molecular complexity index is 615. The molecule has 0 aromatic carbocycles. The van der Waals surface area contributed by atoms with E-state index in [0.717, 1.165) is 12.8 Å². The van der Waals surface area contributed by atoms with Crippen molar-refractivity contribution in [2.24, 2.45) is 5.92 Å². The number of rotatable bonds is 5. The van der Waals surface area contributed by atoms with Gasteiger partial charge in [0.15, 0.2) is 9.84 Å². The Morgan fingerprint density at radius 1 is 1.00 bits per heavy atom. The molecule has 3 rings (SSSR count). The first kappa shape index (κ1) is 18.6. The highest BCUT2D eigenvalue weighted by Crippen LogP contribution is 2.31. The fourth-order valence-corrected chi connectivity index (χ4v) is 6.62. The molecule has 8 heteroatoms. The summed E-state index contributed by atoms with van der Waals surface area (Å²) in [6.07, 6.45) is 6.32. The van der Waals surface area contributed by atoms with Gasteiger partial charge < -0.3 is 10.0 Å². The van der Waals surface area contributed by atoms with Crippen molar-refractivity contribution in [1.29, 1.82) is 0 Å². The third-order valence-electron chi connectivity index (χ3n) is 5.91. The van der Waals surface area contributed by atoms with E-state index in [4.69, 9.17) is 5.11 Å². The minimum atomic E-state index is -3.18. The smallest absolute Gasteiger partial charge is 0.304 e. The number of hydrogen-bond acceptors (Lipinski definition) is 5. The quantitative estimate of drug-likeness (QED) is 0.765. The van der Waals surface area contributed by atoms with Crippen LogP contribution < -0.4 is 0 Å². The number of carbonyl (C=O) groups is 2. The third kappa shape index (κ3) is 4.53. The molecule has 0 spiro atoms. The molecular formula is C17H28N2O5S. The molecule has 3 aliphatic rings. The Kier molecular flexibility index (Phi) is 5.68. The summed E-state index contributed by atoms with van der Waals surface area (Å²) in [4.78, 5) is 27.4. The van der Waals surface area contributed by atoms with Gasteiger partial charge in [0.05, 0.1) is 24.0 Å². The molecule has 0 unspecified atom stereocenters. The van der Waals surface area contributed by atoms with Crippen LogP contribution in [0.2, 0.25) is 0 Å². The van der Waals surface area contributed by atoms with Crippen LogP contribution in [0.15, 0.2) is 0 Å². The van der Waals surface area contributed by atoms with Crippen LogP contribution in [-0.2, 0) is 19.4 Å². The van der Waals surface area contributed by atoms with E-state index in [1.807, 2.05) is 4.90 Å². The number of amides is 1. The normalized spacial score (nSPS) is 30.2. The molecule has 0 bridgehead atoms. The summed E-state index contributed by atoms with van der Waals surface area (Å²) in [5.74, 6) is -0.324. The van der Waals surface area contributed by atoms with Gasteiger partial charge in [0, 0.05) is 32.1 Å². The topological polar surface area (TPSA) is 95.0 Å². The van der Waals surface area contributed by atoms with Gasteiger partial charge in [-0.2, -0.15) is 0 Å². The highest BCUT2D eigenvalue weighted by molar-refractivity contribution is 7.91. The molecule has 2 atom stereocenters. The van der Waals surface area contributed by atoms with Gasteiger partial charge in [-0.15, -0.1) is 0 Å². The molecule has 25 heavy (non-hydrogen) atoms. The number of hydrogen-bond donors (Lipinski definition) is 1. The lowest BCUT2D eigenvalue weighted by atomic mass is 9.86. The molecule has 2 aliphatic heterocycles. The Labute approximate surface area is 149 Å². The van der Waals surface area contributed by atoms with Gasteiger partial charge in [-0.05, 0) is 18.8 Å². The molecule has 1 aliphatic carbocycles. The first-order valence-electron chi connectivity index (χ1n) is 9.31. The van der Waals surface area contributed by atoms with Crippen molar-refractivity contribution in [2.45, 2.75) is 57.0 Å². The van der Waals surface area contributed by atoms with Crippen LogP contribution in [-0.4, -0.2) is 78.4 Å². The van der Waals surface area contributed by atoms with E-state index in [9.17, 15) is 18.0 Å². The SMILES string of the molecule is O=C(O)CCN1CCN(C(=O)CC2CCCCC2)[C@@H]2CS(=O)(=O)C[C@@H]21. The fraction of sp³-hybridized carbons (Fsp3) is 0.882. The van der Waals surface area contributed by atoms with Crippen molar-refractivity contribution in [1.82, 2.24) is 9.80 Å². The number of carbonyl (C=O) groups excluding carboxylic acids is 1. The molecule has 0 aromatic rings. The van der Waals surface area contributed by atoms with Gasteiger partial charge in [-0.1, -0.05) is 19.3 Å². The number of fused-ring (bicyclic) bond motifs is 1. The lowest BCUT2D eigenvalue weighted by molar-refractivity contribution is -0.141. The van der Waals surface area contributed by atoms with Crippen LogP contribution in [0.25, 0.3) is 0 Å². The highest BCUT2D eigenvalue weighted by Gasteiger charge is 2.47. The second-order valence-corrected chi connectivity index (χ2v) is 9.84. The van der Waals surface area contributed by atoms with Crippen LogP contribution >= 0.6 is 0 Å². The molecule has 3 fully saturated rings. The Morgan fingerprint density at radius 2 is 1.68 bits per heavy atom. The molecule has 142 valence electrons. The molecule has 2 heterocycles. The zero-order chi connectivity index (χ0) is 18.0. The lowest BCUT2D eigenvalue weighted by Gasteiger charge is -2.44. The maximum absolute atomic E-state index is 12.8. The van der Waals surface area contributed by atoms with Crippen molar-refractivity contribution < 1.29 is 23.1 Å². The van der Waals surface area contributed by atoms with Crippen molar-refractivity contribution >= 4 is 21.7 Å². The molecule has 1 amide bonds. The largest absolute Gasteiger partial charge is 0.481 e. The third-order valence-corrected chi connectivity index (χ3v) is 7.61. The van der Waals surface area contributed by atoms with Crippen LogP contribution in [0.5, 0.6) is 0 Å². The van der Waals surface area contributed by atoms with E-state index < -0.39 is 15.8 Å². The van der Waals surface area contributed by atoms with Gasteiger partial charge in [0.25, 0.3) is 0 Å². The summed E-state index contributed by atoms with van der Waals surface area (Å²) in [6, 6.07) is -0.572. The van der Waals surface area contributed by atoms with E-state index >= 15 is 0 Å². The standard InChI is InChI=1S/C17H28N2O5S/c20-16(10-13-4-2-1-3-5-13)19-9-8-18(7-6-17(21)22)14-11-25(23,24)12-15(14)19/h13-15H,1-12H2,(H,21,22)/t14-,15+/m0/s1. The maximum atomic E-state index is 12.8. The van der Waals surface area contributed by atoms with Gasteiger partial charge in [0.1, 0.15) is 0 Å². The summed E-state index contributed by atoms with van der Waals surface area (Å²) < 4.78 is 24.3. The monoisotopic (exact) mass is 372 g/mol. The first-order valence-corrected chi connectivity index (χ1v) is 11.1. The van der Waals surface area contributed by atoms with E-state index in [1.165, 1.54) is 19.3 Å². The molecule has 0 aromatic heterocycles. The Balaban J connectivity index is 1.67. The number of carboxylic acid groups (broad SMARTS) is 1. The number of piperazine rings is 1. The Hall–Kier alpha value is -1.15. The zero-order valence-corrected chi connectivity index (χ0v) is 15.4. The number of nitrogens with zero attached hydrogens (tertiary/aromatic N) is 2. The van der Waals surface area contributed by atoms with E-state index in [2.05, 4.69) is 0 Å². The van der Waals surface area contributed by atoms with Crippen LogP contribution in [0.4, 0.5) is 0 Å². The predicted octanol–water partition coefficient (Wildman–Crippen LogP) is 0.741. The number of aliphatic carboxylic acids is 1. The predicted molar refractivity (Wildman–Crippen MR) is 93.0 cm³/mol. The summed E-state index contributed by atoms with van der Waals surface area (Å²) in [5.41, 5.74) is 0. The van der Waals surface area contributed by atoms with E-state index in [0.29, 0.717) is 32.0 Å². The Morgan fingerprint density at radius 3 is 2.36 bits per heavy atom. The summed E-state index contributed by atoms with van der Waals surface area (Å²) in [6.45, 7) is 1.40. The van der Waals surface area contributed by atoms with Crippen molar-refractivity contribution in [3.63, 3.8) is 0 Å². The second kappa shape index (κ2) is 7.61. The zero-order valence-electron chi connectivity index (χ0n) is 14.6. The second-order valence-electron chi connectivity index (χ2n) is 7.69. The summed E-state index contributed by atoms with van der Waals surface area (Å²) in [7, 11) is -3.18. The van der Waals surface area contributed by atoms with E-state index in [1.54, 1.807) is 4.90 Å². The van der Waals surface area contributed by atoms with Gasteiger partial charge >= 0.3 is 5.97 Å². The number of carboxylic acids is 1. The average Bonchev–Trinajstić information content (AvgIpc) is 2.88. The minimum absolute atomic E-state index is 0.000706. The van der Waals surface area contributed by atoms with Crippen LogP contribution in [0.1, 0.15) is 44.9 Å². The molecule has 1 N–H and O–H groups in total. The molecule has 1 saturated carbocycles. The van der Waals surface area contributed by atoms with Gasteiger partial charge in [0.2, 0.25) is 5.91 Å². The summed E-state index contributed by atoms with van der Waals surface area (Å²) in [5, 5.41) is 8.90. The van der Waals surface area contributed by atoms with Crippen LogP contribution in [0.3, 0.4) is 0 Å². The molecule has 7 nitrogen and oxygen atoms in total. The number of sulfone groups is 1. The summed E-state index contributed by atoms with van der Waals surface area (Å²) >= 11 is 0. The highest BCUT2D eigenvalue weighted by atomic mass is 32.2. The fourth-order valence-electron chi connectivity index (χ4n) is 4.61. The molecular weight excluding hydrogens is 344 g/mol. The first-order chi connectivity index (χ1) is 11.9. The molecule has 2 saturated heterocycles. The van der Waals surface area contributed by atoms with Crippen LogP contribution in [0, 0.1) is 5.92 Å². The van der Waals surface area contributed by atoms with Gasteiger partial charge in [-0.3, -0.25) is 14.5 Å². The molecule has 0 radical (unpaired) electrons. The van der Waals surface area contributed by atoms with Crippen molar-refractivity contribution in [2.75, 3.05) is 31.1 Å². The lowest BCUT2D eigenvalue weighted by Crippen LogP contribution is -2.61. The maximum Gasteiger partial charge on any atom is 0.304 e. The van der Waals surface area contributed by atoms with E-state index in [-0.39, 0.29) is 35.9 Å². The minimum Gasteiger partial charge on any atom is -0.481 e.